The number of hydrogen-bond donors (Lipinski definition) is 1. The summed E-state index contributed by atoms with van der Waals surface area (Å²) in [4.78, 5) is 22.4. The van der Waals surface area contributed by atoms with E-state index in [1.165, 1.54) is 30.5 Å². The minimum Gasteiger partial charge on any atom is -0.356 e. The van der Waals surface area contributed by atoms with Crippen molar-refractivity contribution in [1.29, 1.82) is 0 Å². The van der Waals surface area contributed by atoms with Crippen molar-refractivity contribution in [3.05, 3.63) is 102 Å². The number of aryl methyl sites for hydroxylation is 1. The summed E-state index contributed by atoms with van der Waals surface area (Å²) in [5, 5.41) is 3.84. The van der Waals surface area contributed by atoms with Crippen molar-refractivity contribution in [3.8, 4) is 0 Å². The Balaban J connectivity index is 1.03. The van der Waals surface area contributed by atoms with Gasteiger partial charge < -0.3 is 10.2 Å². The highest BCUT2D eigenvalue weighted by atomic mass is 19.4. The molecule has 0 aliphatic carbocycles. The first kappa shape index (κ1) is 27.3. The first-order valence-corrected chi connectivity index (χ1v) is 14.1. The van der Waals surface area contributed by atoms with Crippen LogP contribution in [-0.4, -0.2) is 42.0 Å². The molecule has 1 amide bonds. The number of amides is 1. The topological polar surface area (TPSA) is 48.5 Å². The molecular weight excluding hydrogens is 525 g/mol. The fourth-order valence-corrected chi connectivity index (χ4v) is 6.18. The smallest absolute Gasteiger partial charge is 0.356 e. The van der Waals surface area contributed by atoms with Gasteiger partial charge in [-0.15, -0.1) is 0 Å². The van der Waals surface area contributed by atoms with Gasteiger partial charge in [-0.2, -0.15) is 13.2 Å². The second-order valence-electron chi connectivity index (χ2n) is 11.4. The molecule has 1 N–H and O–H groups in total. The van der Waals surface area contributed by atoms with E-state index in [9.17, 15) is 18.0 Å². The van der Waals surface area contributed by atoms with E-state index >= 15 is 0 Å². The second kappa shape index (κ2) is 11.2. The van der Waals surface area contributed by atoms with Gasteiger partial charge in [0.25, 0.3) is 0 Å². The lowest BCUT2D eigenvalue weighted by molar-refractivity contribution is -0.137. The number of carbonyl (C=O) groups excluding carboxylic acids is 1. The third kappa shape index (κ3) is 6.38. The lowest BCUT2D eigenvalue weighted by Crippen LogP contribution is -2.31. The van der Waals surface area contributed by atoms with Gasteiger partial charge in [0.05, 0.1) is 11.1 Å². The van der Waals surface area contributed by atoms with Crippen LogP contribution in [0, 0.1) is 5.41 Å². The number of aromatic nitrogens is 1. The maximum Gasteiger partial charge on any atom is 0.416 e. The lowest BCUT2D eigenvalue weighted by atomic mass is 9.86. The van der Waals surface area contributed by atoms with E-state index in [4.69, 9.17) is 4.98 Å². The van der Waals surface area contributed by atoms with Gasteiger partial charge in [-0.3, -0.25) is 9.69 Å². The Morgan fingerprint density at radius 2 is 1.66 bits per heavy atom. The molecule has 2 aliphatic heterocycles. The van der Waals surface area contributed by atoms with Gasteiger partial charge >= 0.3 is 6.18 Å². The highest BCUT2D eigenvalue weighted by Crippen LogP contribution is 2.41. The molecular formula is C33H33F3N4O. The lowest BCUT2D eigenvalue weighted by Gasteiger charge is -2.25. The zero-order chi connectivity index (χ0) is 28.5. The van der Waals surface area contributed by atoms with Gasteiger partial charge in [0.1, 0.15) is 5.82 Å². The zero-order valence-electron chi connectivity index (χ0n) is 22.8. The molecule has 2 fully saturated rings. The van der Waals surface area contributed by atoms with E-state index in [0.717, 1.165) is 61.6 Å². The van der Waals surface area contributed by atoms with Crippen LogP contribution >= 0.6 is 0 Å². The van der Waals surface area contributed by atoms with E-state index in [0.29, 0.717) is 23.1 Å². The Kier molecular flexibility index (Phi) is 7.43. The van der Waals surface area contributed by atoms with Gasteiger partial charge in [-0.05, 0) is 79.4 Å². The molecule has 0 radical (unpaired) electrons. The molecule has 5 nitrogen and oxygen atoms in total. The molecule has 212 valence electrons. The third-order valence-corrected chi connectivity index (χ3v) is 8.41. The maximum absolute atomic E-state index is 12.8. The first-order chi connectivity index (χ1) is 19.7. The predicted octanol–water partition coefficient (Wildman–Crippen LogP) is 6.93. The molecule has 4 aromatic rings. The number of halogens is 3. The van der Waals surface area contributed by atoms with Crippen LogP contribution in [0.25, 0.3) is 10.9 Å². The molecule has 0 bridgehead atoms. The molecule has 3 aromatic carbocycles. The van der Waals surface area contributed by atoms with Gasteiger partial charge in [-0.1, -0.05) is 42.5 Å². The van der Waals surface area contributed by atoms with Crippen molar-refractivity contribution in [3.63, 3.8) is 0 Å². The normalized spacial score (nSPS) is 19.3. The Morgan fingerprint density at radius 1 is 0.878 bits per heavy atom. The molecule has 6 rings (SSSR count). The molecule has 41 heavy (non-hydrogen) atoms. The number of nitrogens with one attached hydrogen (secondary N) is 1. The number of benzene rings is 3. The van der Waals surface area contributed by atoms with Crippen LogP contribution in [0.2, 0.25) is 0 Å². The number of hydrogen-bond acceptors (Lipinski definition) is 4. The van der Waals surface area contributed by atoms with Crippen LogP contribution in [-0.2, 0) is 23.9 Å². The number of anilines is 2. The zero-order valence-corrected chi connectivity index (χ0v) is 22.8. The van der Waals surface area contributed by atoms with Crippen LogP contribution in [0.1, 0.15) is 36.0 Å². The molecule has 2 saturated heterocycles. The Morgan fingerprint density at radius 3 is 2.44 bits per heavy atom. The third-order valence-electron chi connectivity index (χ3n) is 8.41. The summed E-state index contributed by atoms with van der Waals surface area (Å²) < 4.78 is 38.3. The Labute approximate surface area is 238 Å². The summed E-state index contributed by atoms with van der Waals surface area (Å²) in [7, 11) is 0. The minimum atomic E-state index is -4.36. The molecule has 2 aliphatic rings. The van der Waals surface area contributed by atoms with Gasteiger partial charge in [0, 0.05) is 49.1 Å². The van der Waals surface area contributed by atoms with Crippen LogP contribution in [0.5, 0.6) is 0 Å². The van der Waals surface area contributed by atoms with Gasteiger partial charge in [0.15, 0.2) is 0 Å². The van der Waals surface area contributed by atoms with E-state index in [1.807, 2.05) is 18.2 Å². The van der Waals surface area contributed by atoms with Crippen molar-refractivity contribution in [2.45, 2.75) is 38.4 Å². The summed E-state index contributed by atoms with van der Waals surface area (Å²) >= 11 is 0. The molecule has 0 unspecified atom stereocenters. The average Bonchev–Trinajstić information content (AvgIpc) is 3.57. The van der Waals surface area contributed by atoms with Crippen molar-refractivity contribution in [2.75, 3.05) is 36.4 Å². The van der Waals surface area contributed by atoms with Crippen molar-refractivity contribution < 1.29 is 18.0 Å². The van der Waals surface area contributed by atoms with Gasteiger partial charge in [-0.25, -0.2) is 4.98 Å². The summed E-state index contributed by atoms with van der Waals surface area (Å²) in [6, 6.07) is 25.4. The average molecular weight is 559 g/mol. The van der Waals surface area contributed by atoms with Crippen molar-refractivity contribution in [1.82, 2.24) is 9.88 Å². The van der Waals surface area contributed by atoms with Crippen molar-refractivity contribution in [2.24, 2.45) is 5.41 Å². The number of nitrogens with zero attached hydrogens (tertiary/aromatic N) is 3. The fourth-order valence-electron chi connectivity index (χ4n) is 6.18. The number of rotatable bonds is 7. The highest BCUT2D eigenvalue weighted by molar-refractivity contribution is 5.94. The molecule has 0 saturated carbocycles. The van der Waals surface area contributed by atoms with E-state index in [1.54, 1.807) is 0 Å². The maximum atomic E-state index is 12.8. The van der Waals surface area contributed by atoms with E-state index < -0.39 is 11.7 Å². The predicted molar refractivity (Wildman–Crippen MR) is 156 cm³/mol. The van der Waals surface area contributed by atoms with E-state index in [2.05, 4.69) is 57.6 Å². The van der Waals surface area contributed by atoms with Crippen LogP contribution < -0.4 is 10.2 Å². The largest absolute Gasteiger partial charge is 0.416 e. The number of carbonyl (C=O) groups is 1. The first-order valence-electron chi connectivity index (χ1n) is 14.1. The number of fused-ring (bicyclic) bond motifs is 1. The highest BCUT2D eigenvalue weighted by Gasteiger charge is 2.43. The minimum absolute atomic E-state index is 0.181. The quantitative estimate of drug-likeness (QED) is 0.267. The number of alkyl halides is 3. The summed E-state index contributed by atoms with van der Waals surface area (Å²) in [5.41, 5.74) is 3.24. The summed E-state index contributed by atoms with van der Waals surface area (Å²) in [6.07, 6.45) is -1.43. The molecule has 8 heteroatoms. The monoisotopic (exact) mass is 558 g/mol. The molecule has 1 atom stereocenters. The Hall–Kier alpha value is -3.91. The van der Waals surface area contributed by atoms with Gasteiger partial charge in [0.2, 0.25) is 5.91 Å². The fraction of sp³-hybridized carbons (Fsp3) is 0.333. The summed E-state index contributed by atoms with van der Waals surface area (Å²) in [6.45, 7) is 5.28. The second-order valence-corrected chi connectivity index (χ2v) is 11.4. The summed E-state index contributed by atoms with van der Waals surface area (Å²) in [5.74, 6) is 0.804. The number of likely N-dealkylation sites (tertiary alicyclic amines) is 1. The van der Waals surface area contributed by atoms with Crippen LogP contribution in [0.4, 0.5) is 24.7 Å². The molecule has 1 spiro atoms. The molecule has 3 heterocycles. The SMILES string of the molecule is O=C(CCc1ccc(C(F)(F)F)cc1)Nc1ccc2nc(N3CC[C@@]4(CCN(Cc5ccccc5)C4)C3)ccc2c1. The molecule has 1 aromatic heterocycles. The van der Waals surface area contributed by atoms with E-state index in [-0.39, 0.29) is 12.3 Å². The number of pyridine rings is 1. The van der Waals surface area contributed by atoms with Crippen LogP contribution in [0.3, 0.4) is 0 Å². The van der Waals surface area contributed by atoms with Crippen LogP contribution in [0.15, 0.2) is 84.9 Å². The Bertz CT molecular complexity index is 1520. The van der Waals surface area contributed by atoms with Crippen molar-refractivity contribution >= 4 is 28.3 Å². The standard InChI is InChI=1S/C33H33F3N4O/c34-33(35,36)27-10-6-24(7-11-27)8-15-31(41)37-28-12-13-29-26(20-28)9-14-30(38-29)40-19-17-32(23-40)16-18-39(22-32)21-25-4-2-1-3-5-25/h1-7,9-14,20H,8,15-19,21-23H2,(H,37,41)/t32-/m1/s1.